The molecule has 58 heavy (non-hydrogen) atoms. The van der Waals surface area contributed by atoms with E-state index in [-0.39, 0.29) is 83.9 Å². The third-order valence-corrected chi connectivity index (χ3v) is 10.7. The van der Waals surface area contributed by atoms with Crippen LogP contribution in [0.4, 0.5) is 0 Å². The molecule has 8 atom stereocenters. The molecule has 2 saturated heterocycles. The van der Waals surface area contributed by atoms with Crippen LogP contribution in [0.25, 0.3) is 0 Å². The van der Waals surface area contributed by atoms with Gasteiger partial charge in [-0.3, -0.25) is 0 Å². The van der Waals surface area contributed by atoms with E-state index < -0.39 is 48.5 Å². The fourth-order valence-corrected chi connectivity index (χ4v) is 7.47. The van der Waals surface area contributed by atoms with Crippen LogP contribution in [-0.2, 0) is 18.9 Å². The smallest absolute Gasteiger partial charge is 0.200 e. The zero-order valence-corrected chi connectivity index (χ0v) is 33.0. The molecule has 16 heteroatoms. The Morgan fingerprint density at radius 1 is 0.448 bits per heavy atom. The quantitative estimate of drug-likeness (QED) is 0.106. The first-order chi connectivity index (χ1) is 28.0. The molecule has 0 saturated carbocycles. The zero-order chi connectivity index (χ0) is 41.7. The van der Waals surface area contributed by atoms with Crippen molar-refractivity contribution in [2.45, 2.75) is 36.6 Å². The number of aliphatic hydroxyl groups excluding tert-OH is 2. The summed E-state index contributed by atoms with van der Waals surface area (Å²) in [6, 6.07) is 15.5. The Balaban J connectivity index is 1.45. The summed E-state index contributed by atoms with van der Waals surface area (Å²) in [4.78, 5) is 0. The minimum absolute atomic E-state index is 0.0320. The molecule has 16 nitrogen and oxygen atoms in total. The predicted octanol–water partition coefficient (Wildman–Crippen LogP) is 4.87. The first-order valence-electron chi connectivity index (χ1n) is 18.4. The molecule has 4 aromatic rings. The molecule has 2 aliphatic rings. The minimum Gasteiger partial charge on any atom is -0.504 e. The van der Waals surface area contributed by atoms with Crippen molar-refractivity contribution in [2.75, 3.05) is 69.1 Å². The molecular weight excluding hydrogens is 760 g/mol. The molecule has 314 valence electrons. The average molecular weight is 811 g/mol. The van der Waals surface area contributed by atoms with E-state index in [0.29, 0.717) is 22.3 Å². The normalized spacial score (nSPS) is 23.4. The first-order valence-corrected chi connectivity index (χ1v) is 18.4. The molecule has 0 radical (unpaired) electrons. The maximum absolute atomic E-state index is 11.6. The van der Waals surface area contributed by atoms with Crippen LogP contribution in [-0.4, -0.2) is 112 Å². The van der Waals surface area contributed by atoms with Gasteiger partial charge in [-0.05, 0) is 70.8 Å². The summed E-state index contributed by atoms with van der Waals surface area (Å²) in [5.74, 6) is -1.07. The fraction of sp³-hybridized carbons (Fsp3) is 0.429. The Kier molecular flexibility index (Phi) is 13.5. The Morgan fingerprint density at radius 3 is 1.09 bits per heavy atom. The van der Waals surface area contributed by atoms with E-state index in [9.17, 15) is 30.6 Å². The van der Waals surface area contributed by atoms with Crippen molar-refractivity contribution in [3.8, 4) is 57.5 Å². The van der Waals surface area contributed by atoms with Crippen LogP contribution in [0.3, 0.4) is 0 Å². The fourth-order valence-electron chi connectivity index (χ4n) is 7.47. The van der Waals surface area contributed by atoms with Gasteiger partial charge in [-0.15, -0.1) is 0 Å². The van der Waals surface area contributed by atoms with Crippen LogP contribution >= 0.6 is 0 Å². The number of benzene rings is 4. The number of aromatic hydroxyl groups is 4. The maximum atomic E-state index is 11.6. The van der Waals surface area contributed by atoms with Gasteiger partial charge in [-0.25, -0.2) is 0 Å². The lowest BCUT2D eigenvalue weighted by molar-refractivity contribution is -0.0655. The molecule has 0 aliphatic carbocycles. The van der Waals surface area contributed by atoms with Gasteiger partial charge in [-0.2, -0.15) is 0 Å². The van der Waals surface area contributed by atoms with Crippen LogP contribution in [0.2, 0.25) is 0 Å². The summed E-state index contributed by atoms with van der Waals surface area (Å²) in [7, 11) is 8.46. The number of methoxy groups -OCH3 is 6. The molecule has 4 unspecified atom stereocenters. The minimum atomic E-state index is -1.22. The molecular formula is C42H50O16. The second kappa shape index (κ2) is 18.5. The number of ether oxygens (including phenoxy) is 10. The lowest BCUT2D eigenvalue weighted by atomic mass is 9.79. The highest BCUT2D eigenvalue weighted by molar-refractivity contribution is 5.55. The lowest BCUT2D eigenvalue weighted by Crippen LogP contribution is -2.34. The molecule has 0 amide bonds. The summed E-state index contributed by atoms with van der Waals surface area (Å²) in [5, 5.41) is 65.4. The maximum Gasteiger partial charge on any atom is 0.200 e. The van der Waals surface area contributed by atoms with Gasteiger partial charge in [0.2, 0.25) is 11.5 Å². The third kappa shape index (κ3) is 8.57. The number of phenols is 4. The van der Waals surface area contributed by atoms with Gasteiger partial charge in [-0.1, -0.05) is 12.1 Å². The largest absolute Gasteiger partial charge is 0.504 e. The van der Waals surface area contributed by atoms with Crippen molar-refractivity contribution in [2.24, 2.45) is 11.8 Å². The van der Waals surface area contributed by atoms with Crippen molar-refractivity contribution in [3.05, 3.63) is 82.9 Å². The van der Waals surface area contributed by atoms with Crippen molar-refractivity contribution in [1.82, 2.24) is 0 Å². The molecule has 0 spiro atoms. The van der Waals surface area contributed by atoms with Crippen LogP contribution < -0.4 is 28.4 Å². The molecule has 6 rings (SSSR count). The number of aliphatic hydroxyl groups is 2. The van der Waals surface area contributed by atoms with E-state index in [0.717, 1.165) is 0 Å². The highest BCUT2D eigenvalue weighted by Gasteiger charge is 2.45. The molecule has 6 N–H and O–H groups in total. The Bertz CT molecular complexity index is 1830. The zero-order valence-electron chi connectivity index (χ0n) is 33.0. The van der Waals surface area contributed by atoms with Crippen LogP contribution in [0.1, 0.15) is 46.7 Å². The topological polar surface area (TPSA) is 214 Å². The SMILES string of the molecule is COc1cc(C(O)[C@@H]2COC(c3cc(OC)c(O)c(OC)c3)[C@@H](C3CO[C@@H](C(O)c4ccc(O)c(OC)c4)CO[C@@H]3c3cc(OC)c(O)c(OC)c3)CO2)ccc1O. The predicted molar refractivity (Wildman–Crippen MR) is 206 cm³/mol. The van der Waals surface area contributed by atoms with E-state index in [2.05, 4.69) is 0 Å². The Morgan fingerprint density at radius 2 is 0.776 bits per heavy atom. The lowest BCUT2D eigenvalue weighted by Gasteiger charge is -2.35. The van der Waals surface area contributed by atoms with E-state index in [1.54, 1.807) is 36.4 Å². The van der Waals surface area contributed by atoms with Gasteiger partial charge < -0.3 is 78.0 Å². The van der Waals surface area contributed by atoms with Gasteiger partial charge in [0.25, 0.3) is 0 Å². The van der Waals surface area contributed by atoms with Gasteiger partial charge in [0.1, 0.15) is 24.4 Å². The average Bonchev–Trinajstić information content (AvgIpc) is 3.61. The van der Waals surface area contributed by atoms with Crippen LogP contribution in [0, 0.1) is 11.8 Å². The number of hydrogen-bond acceptors (Lipinski definition) is 16. The summed E-state index contributed by atoms with van der Waals surface area (Å²) in [6.07, 6.45) is -5.94. The van der Waals surface area contributed by atoms with Crippen molar-refractivity contribution in [1.29, 1.82) is 0 Å². The van der Waals surface area contributed by atoms with Crippen molar-refractivity contribution >= 4 is 0 Å². The second-order valence-electron chi connectivity index (χ2n) is 13.9. The summed E-state index contributed by atoms with van der Waals surface area (Å²) in [6.45, 7) is -0.284. The Labute approximate surface area is 335 Å². The first kappa shape index (κ1) is 42.3. The summed E-state index contributed by atoms with van der Waals surface area (Å²) in [5.41, 5.74) is 1.91. The highest BCUT2D eigenvalue weighted by Crippen LogP contribution is 2.49. The number of phenolic OH excluding ortho intramolecular Hbond substituents is 4. The summed E-state index contributed by atoms with van der Waals surface area (Å²) < 4.78 is 59.0. The van der Waals surface area contributed by atoms with Crippen LogP contribution in [0.5, 0.6) is 57.5 Å². The standard InChI is InChI=1S/C42H50O16/c1-49-29-11-21(7-9-27(29)43)37(45)35-19-57-41(23-13-31(51-3)39(47)32(14-23)52-4)25(17-55-35)26-18-56-36(38(46)22-8-10-28(44)30(12-22)50-2)20-58-42(26)24-15-33(53-5)40(48)34(16-24)54-6/h7-16,25-26,35-38,41-48H,17-20H2,1-6H3/t25-,26?,35+,36-,37?,38?,41?,42-/m1/s1. The van der Waals surface area contributed by atoms with Gasteiger partial charge in [0, 0.05) is 11.8 Å². The number of rotatable bonds is 13. The van der Waals surface area contributed by atoms with Gasteiger partial charge >= 0.3 is 0 Å². The Hall–Kier alpha value is -5.36. The molecule has 0 aromatic heterocycles. The van der Waals surface area contributed by atoms with Gasteiger partial charge in [0.05, 0.1) is 81.3 Å². The van der Waals surface area contributed by atoms with Crippen molar-refractivity contribution in [3.63, 3.8) is 0 Å². The molecule has 4 aromatic carbocycles. The molecule has 2 heterocycles. The molecule has 2 aliphatic heterocycles. The monoisotopic (exact) mass is 810 g/mol. The van der Waals surface area contributed by atoms with Crippen molar-refractivity contribution < 1.29 is 78.0 Å². The van der Waals surface area contributed by atoms with E-state index in [1.165, 1.54) is 66.9 Å². The number of hydrogen-bond donors (Lipinski definition) is 6. The third-order valence-electron chi connectivity index (χ3n) is 10.7. The van der Waals surface area contributed by atoms with E-state index >= 15 is 0 Å². The second-order valence-corrected chi connectivity index (χ2v) is 13.9. The summed E-state index contributed by atoms with van der Waals surface area (Å²) >= 11 is 0. The van der Waals surface area contributed by atoms with E-state index in [1.807, 2.05) is 0 Å². The van der Waals surface area contributed by atoms with E-state index in [4.69, 9.17) is 47.4 Å². The van der Waals surface area contributed by atoms with Gasteiger partial charge in [0.15, 0.2) is 46.0 Å². The van der Waals surface area contributed by atoms with Crippen LogP contribution in [0.15, 0.2) is 60.7 Å². The molecule has 0 bridgehead atoms. The highest BCUT2D eigenvalue weighted by atomic mass is 16.6. The molecule has 2 fully saturated rings.